The van der Waals surface area contributed by atoms with Gasteiger partial charge >= 0.3 is 6.03 Å². The molecule has 0 saturated carbocycles. The van der Waals surface area contributed by atoms with Crippen LogP contribution in [0.5, 0.6) is 17.2 Å². The first kappa shape index (κ1) is 21.8. The van der Waals surface area contributed by atoms with Gasteiger partial charge in [0.2, 0.25) is 12.7 Å². The van der Waals surface area contributed by atoms with E-state index in [1.165, 1.54) is 5.56 Å². The molecule has 0 aromatic heterocycles. The molecule has 0 aliphatic carbocycles. The fraction of sp³-hybridized carbons (Fsp3) is 0.417. The summed E-state index contributed by atoms with van der Waals surface area (Å²) in [6, 6.07) is 13.4. The summed E-state index contributed by atoms with van der Waals surface area (Å²) in [4.78, 5) is 31.2. The highest BCUT2D eigenvalue weighted by atomic mass is 32.2. The first-order valence-electron chi connectivity index (χ1n) is 11.1. The topological polar surface area (TPSA) is 71.6 Å². The first-order valence-corrected chi connectivity index (χ1v) is 12.2. The molecule has 0 N–H and O–H groups in total. The third kappa shape index (κ3) is 4.42. The summed E-state index contributed by atoms with van der Waals surface area (Å²) in [5.41, 5.74) is 1.93. The number of ether oxygens (including phenoxy) is 3. The molecule has 1 unspecified atom stereocenters. The van der Waals surface area contributed by atoms with E-state index < -0.39 is 0 Å². The molecule has 8 nitrogen and oxygen atoms in total. The Morgan fingerprint density at radius 2 is 1.94 bits per heavy atom. The second-order valence-corrected chi connectivity index (χ2v) is 9.48. The number of benzene rings is 2. The molecule has 2 fully saturated rings. The lowest BCUT2D eigenvalue weighted by Gasteiger charge is -2.24. The average Bonchev–Trinajstić information content (AvgIpc) is 3.36. The van der Waals surface area contributed by atoms with Crippen LogP contribution in [-0.2, 0) is 4.79 Å². The van der Waals surface area contributed by atoms with E-state index in [1.807, 2.05) is 53.1 Å². The number of thioether (sulfide) groups is 1. The highest BCUT2D eigenvalue weighted by Crippen LogP contribution is 2.40. The SMILES string of the molecule is COc1ccccc1N1CCN(CC(=O)N2CCSC(c3ccc4c(c3)OCO4)CC2)C1=O. The zero-order chi connectivity index (χ0) is 22.8. The van der Waals surface area contributed by atoms with Crippen molar-refractivity contribution >= 4 is 29.4 Å². The van der Waals surface area contributed by atoms with Gasteiger partial charge in [-0.15, -0.1) is 0 Å². The van der Waals surface area contributed by atoms with E-state index in [4.69, 9.17) is 14.2 Å². The molecule has 2 saturated heterocycles. The van der Waals surface area contributed by atoms with Crippen molar-refractivity contribution in [3.8, 4) is 17.2 Å². The third-order valence-corrected chi connectivity index (χ3v) is 7.59. The lowest BCUT2D eigenvalue weighted by Crippen LogP contribution is -2.43. The Hall–Kier alpha value is -3.07. The highest BCUT2D eigenvalue weighted by molar-refractivity contribution is 7.99. The molecule has 3 heterocycles. The Morgan fingerprint density at radius 3 is 2.82 bits per heavy atom. The van der Waals surface area contributed by atoms with Gasteiger partial charge in [0, 0.05) is 37.2 Å². The fourth-order valence-electron chi connectivity index (χ4n) is 4.47. The number of urea groups is 1. The van der Waals surface area contributed by atoms with E-state index in [2.05, 4.69) is 6.07 Å². The summed E-state index contributed by atoms with van der Waals surface area (Å²) in [6.45, 7) is 2.78. The number of carbonyl (C=O) groups is 2. The van der Waals surface area contributed by atoms with Gasteiger partial charge in [-0.25, -0.2) is 4.79 Å². The van der Waals surface area contributed by atoms with Gasteiger partial charge in [0.05, 0.1) is 12.8 Å². The van der Waals surface area contributed by atoms with Gasteiger partial charge < -0.3 is 24.0 Å². The second kappa shape index (κ2) is 9.43. The summed E-state index contributed by atoms with van der Waals surface area (Å²) in [7, 11) is 1.59. The Bertz CT molecular complexity index is 1050. The molecule has 0 spiro atoms. The molecule has 2 aromatic rings. The number of hydrogen-bond acceptors (Lipinski definition) is 6. The first-order chi connectivity index (χ1) is 16.1. The average molecular weight is 470 g/mol. The molecule has 0 radical (unpaired) electrons. The predicted molar refractivity (Wildman–Crippen MR) is 126 cm³/mol. The molecular weight excluding hydrogens is 442 g/mol. The number of rotatable bonds is 5. The number of methoxy groups -OCH3 is 1. The lowest BCUT2D eigenvalue weighted by molar-refractivity contribution is -0.131. The van der Waals surface area contributed by atoms with Gasteiger partial charge in [-0.2, -0.15) is 11.8 Å². The summed E-state index contributed by atoms with van der Waals surface area (Å²) >= 11 is 1.86. The zero-order valence-electron chi connectivity index (χ0n) is 18.6. The minimum atomic E-state index is -0.157. The molecule has 174 valence electrons. The van der Waals surface area contributed by atoms with E-state index in [0.29, 0.717) is 37.2 Å². The largest absolute Gasteiger partial charge is 0.495 e. The van der Waals surface area contributed by atoms with Gasteiger partial charge in [-0.3, -0.25) is 9.69 Å². The Morgan fingerprint density at radius 1 is 1.09 bits per heavy atom. The normalized spacial score (nSPS) is 20.2. The maximum absolute atomic E-state index is 13.1. The fourth-order valence-corrected chi connectivity index (χ4v) is 5.69. The molecule has 9 heteroatoms. The highest BCUT2D eigenvalue weighted by Gasteiger charge is 2.33. The number of carbonyl (C=O) groups excluding carboxylic acids is 2. The van der Waals surface area contributed by atoms with Gasteiger partial charge in [0.15, 0.2) is 11.5 Å². The number of fused-ring (bicyclic) bond motifs is 1. The van der Waals surface area contributed by atoms with Crippen LogP contribution in [0.15, 0.2) is 42.5 Å². The second-order valence-electron chi connectivity index (χ2n) is 8.17. The van der Waals surface area contributed by atoms with Gasteiger partial charge in [0.25, 0.3) is 0 Å². The summed E-state index contributed by atoms with van der Waals surface area (Å²) in [6.07, 6.45) is 0.858. The maximum Gasteiger partial charge on any atom is 0.325 e. The number of nitrogens with zero attached hydrogens (tertiary/aromatic N) is 3. The third-order valence-electron chi connectivity index (χ3n) is 6.26. The van der Waals surface area contributed by atoms with Crippen molar-refractivity contribution in [1.82, 2.24) is 9.80 Å². The van der Waals surface area contributed by atoms with Crippen molar-refractivity contribution in [3.63, 3.8) is 0 Å². The van der Waals surface area contributed by atoms with Crippen LogP contribution < -0.4 is 19.1 Å². The van der Waals surface area contributed by atoms with Crippen molar-refractivity contribution in [2.75, 3.05) is 57.3 Å². The standard InChI is InChI=1S/C24H27N3O5S/c1-30-19-5-3-2-4-18(19)27-11-10-26(24(27)29)15-23(28)25-9-8-22(33-13-12-25)17-6-7-20-21(14-17)32-16-31-20/h2-7,14,22H,8-13,15-16H2,1H3. The van der Waals surface area contributed by atoms with Crippen LogP contribution in [0.25, 0.3) is 0 Å². The molecular formula is C24H27N3O5S. The molecule has 1 atom stereocenters. The van der Waals surface area contributed by atoms with E-state index in [0.717, 1.165) is 29.4 Å². The van der Waals surface area contributed by atoms with Crippen LogP contribution in [0.4, 0.5) is 10.5 Å². The number of hydrogen-bond donors (Lipinski definition) is 0. The minimum absolute atomic E-state index is 0.00263. The monoisotopic (exact) mass is 469 g/mol. The van der Waals surface area contributed by atoms with Gasteiger partial charge in [-0.1, -0.05) is 18.2 Å². The van der Waals surface area contributed by atoms with Crippen molar-refractivity contribution in [2.24, 2.45) is 0 Å². The van der Waals surface area contributed by atoms with Crippen LogP contribution in [0.1, 0.15) is 17.2 Å². The predicted octanol–water partition coefficient (Wildman–Crippen LogP) is 3.37. The van der Waals surface area contributed by atoms with E-state index in [-0.39, 0.29) is 25.3 Å². The van der Waals surface area contributed by atoms with E-state index in [9.17, 15) is 9.59 Å². The molecule has 2 aromatic carbocycles. The van der Waals surface area contributed by atoms with Crippen LogP contribution in [0.2, 0.25) is 0 Å². The number of amides is 3. The minimum Gasteiger partial charge on any atom is -0.495 e. The maximum atomic E-state index is 13.1. The molecule has 33 heavy (non-hydrogen) atoms. The van der Waals surface area contributed by atoms with Crippen molar-refractivity contribution in [3.05, 3.63) is 48.0 Å². The quantitative estimate of drug-likeness (QED) is 0.669. The summed E-state index contributed by atoms with van der Waals surface area (Å²) in [5.74, 6) is 3.07. The molecule has 5 rings (SSSR count). The lowest BCUT2D eigenvalue weighted by atomic mass is 10.1. The summed E-state index contributed by atoms with van der Waals surface area (Å²) in [5, 5.41) is 0.298. The Kier molecular flexibility index (Phi) is 6.22. The van der Waals surface area contributed by atoms with Crippen LogP contribution in [0.3, 0.4) is 0 Å². The Labute approximate surface area is 197 Å². The number of anilines is 1. The van der Waals surface area contributed by atoms with Crippen molar-refractivity contribution in [2.45, 2.75) is 11.7 Å². The Balaban J connectivity index is 1.19. The van der Waals surface area contributed by atoms with Gasteiger partial charge in [0.1, 0.15) is 12.3 Å². The smallest absolute Gasteiger partial charge is 0.325 e. The molecule has 3 aliphatic heterocycles. The molecule has 3 amide bonds. The van der Waals surface area contributed by atoms with Crippen molar-refractivity contribution < 1.29 is 23.8 Å². The van der Waals surface area contributed by atoms with E-state index >= 15 is 0 Å². The summed E-state index contributed by atoms with van der Waals surface area (Å²) < 4.78 is 16.3. The van der Waals surface area contributed by atoms with Crippen LogP contribution in [-0.4, -0.2) is 74.1 Å². The molecule has 3 aliphatic rings. The van der Waals surface area contributed by atoms with Crippen LogP contribution in [0, 0.1) is 0 Å². The van der Waals surface area contributed by atoms with E-state index in [1.54, 1.807) is 16.9 Å². The molecule has 0 bridgehead atoms. The zero-order valence-corrected chi connectivity index (χ0v) is 19.4. The van der Waals surface area contributed by atoms with Crippen molar-refractivity contribution in [1.29, 1.82) is 0 Å². The number of para-hydroxylation sites is 2. The van der Waals surface area contributed by atoms with Crippen LogP contribution >= 0.6 is 11.8 Å². The van der Waals surface area contributed by atoms with Gasteiger partial charge in [-0.05, 0) is 36.2 Å².